The Morgan fingerprint density at radius 3 is 1.90 bits per heavy atom. The van der Waals surface area contributed by atoms with Crippen LogP contribution in [0, 0.1) is 13.8 Å². The predicted octanol–water partition coefficient (Wildman–Crippen LogP) is 8.43. The Balaban J connectivity index is 0. The molecular formula is C31H54N2NiO2P2S. The minimum absolute atomic E-state index is 0. The second-order valence-electron chi connectivity index (χ2n) is 9.26. The molecule has 4 nitrogen and oxygen atoms in total. The number of hydrogen-bond donors (Lipinski definition) is 2. The van der Waals surface area contributed by atoms with Crippen molar-refractivity contribution in [2.75, 3.05) is 25.1 Å². The van der Waals surface area contributed by atoms with Crippen LogP contribution in [-0.2, 0) is 26.5 Å². The molecule has 0 spiro atoms. The summed E-state index contributed by atoms with van der Waals surface area (Å²) in [5.74, 6) is 0. The third kappa shape index (κ3) is 21.7. The molecule has 0 saturated carbocycles. The smallest absolute Gasteiger partial charge is 0.192 e. The summed E-state index contributed by atoms with van der Waals surface area (Å²) >= 11 is 0. The van der Waals surface area contributed by atoms with Gasteiger partial charge in [0.1, 0.15) is 26.8 Å². The number of nitrogens with zero attached hydrogens (tertiary/aromatic N) is 1. The van der Waals surface area contributed by atoms with E-state index in [1.165, 1.54) is 55.4 Å². The zero-order valence-corrected chi connectivity index (χ0v) is 28.6. The Morgan fingerprint density at radius 2 is 1.44 bits per heavy atom. The van der Waals surface area contributed by atoms with E-state index in [0.29, 0.717) is 0 Å². The normalized spacial score (nSPS) is 14.7. The van der Waals surface area contributed by atoms with Crippen molar-refractivity contribution >= 4 is 36.8 Å². The van der Waals surface area contributed by atoms with Crippen LogP contribution in [0.15, 0.2) is 76.9 Å². The first kappa shape index (κ1) is 40.4. The summed E-state index contributed by atoms with van der Waals surface area (Å²) in [5.41, 5.74) is 0. The van der Waals surface area contributed by atoms with Gasteiger partial charge in [-0.25, -0.2) is 22.8 Å². The number of hydrogen-bond acceptors (Lipinski definition) is 3. The SMILES string of the molecule is C1=C/CCCCC[CH-]/1.CCCN[PH+](c1ccccc1)c1ccccc1.CCC[PH+](CCC)N=S(C)(=O)O.[CH3-].[Ni]. The topological polar surface area (TPSA) is 61.7 Å². The Hall–Kier alpha value is -0.726. The molecule has 8 heteroatoms. The molecule has 0 amide bonds. The number of benzene rings is 2. The summed E-state index contributed by atoms with van der Waals surface area (Å²) < 4.78 is 24.0. The van der Waals surface area contributed by atoms with Crippen LogP contribution in [0.4, 0.5) is 0 Å². The Bertz CT molecular complexity index is 892. The maximum Gasteiger partial charge on any atom is 0.192 e. The maximum absolute atomic E-state index is 11.0. The molecule has 2 N–H and O–H groups in total. The zero-order valence-electron chi connectivity index (χ0n) is 24.8. The molecule has 0 radical (unpaired) electrons. The first-order valence-corrected chi connectivity index (χ1v) is 19.1. The van der Waals surface area contributed by atoms with Gasteiger partial charge in [-0.3, -0.25) is 4.55 Å². The van der Waals surface area contributed by atoms with Gasteiger partial charge < -0.3 is 7.43 Å². The second kappa shape index (κ2) is 26.2. The molecule has 2 aromatic carbocycles. The van der Waals surface area contributed by atoms with E-state index in [0.717, 1.165) is 31.7 Å². The molecule has 1 aliphatic rings. The zero-order chi connectivity index (χ0) is 27.2. The van der Waals surface area contributed by atoms with E-state index in [1.807, 2.05) is 0 Å². The van der Waals surface area contributed by atoms with Crippen LogP contribution in [0.2, 0.25) is 0 Å². The third-order valence-electron chi connectivity index (χ3n) is 5.57. The van der Waals surface area contributed by atoms with Crippen LogP contribution < -0.4 is 15.7 Å². The van der Waals surface area contributed by atoms with Crippen molar-refractivity contribution in [3.63, 3.8) is 0 Å². The predicted molar refractivity (Wildman–Crippen MR) is 179 cm³/mol. The average Bonchev–Trinajstić information content (AvgIpc) is 2.85. The summed E-state index contributed by atoms with van der Waals surface area (Å²) in [7, 11) is -4.56. The molecule has 0 bridgehead atoms. The van der Waals surface area contributed by atoms with E-state index in [2.05, 4.69) is 109 Å². The summed E-state index contributed by atoms with van der Waals surface area (Å²) in [5, 5.41) is 6.56. The van der Waals surface area contributed by atoms with Crippen molar-refractivity contribution in [1.82, 2.24) is 5.09 Å². The van der Waals surface area contributed by atoms with Gasteiger partial charge in [-0.05, 0) is 43.5 Å². The van der Waals surface area contributed by atoms with Crippen molar-refractivity contribution < 1.29 is 25.3 Å². The molecule has 0 heterocycles. The van der Waals surface area contributed by atoms with Crippen LogP contribution in [-0.4, -0.2) is 33.9 Å². The van der Waals surface area contributed by atoms with Gasteiger partial charge in [-0.1, -0.05) is 80.6 Å². The molecule has 1 unspecified atom stereocenters. The van der Waals surface area contributed by atoms with Crippen molar-refractivity contribution in [3.05, 3.63) is 86.7 Å². The van der Waals surface area contributed by atoms with Gasteiger partial charge in [0.15, 0.2) is 10.0 Å². The fourth-order valence-electron chi connectivity index (χ4n) is 3.85. The van der Waals surface area contributed by atoms with Gasteiger partial charge >= 0.3 is 0 Å². The first-order valence-electron chi connectivity index (χ1n) is 13.9. The molecule has 0 aromatic heterocycles. The van der Waals surface area contributed by atoms with Gasteiger partial charge in [0.2, 0.25) is 0 Å². The van der Waals surface area contributed by atoms with Crippen molar-refractivity contribution in [2.45, 2.75) is 72.1 Å². The van der Waals surface area contributed by atoms with Crippen molar-refractivity contribution in [1.29, 1.82) is 0 Å². The Morgan fingerprint density at radius 1 is 0.897 bits per heavy atom. The quantitative estimate of drug-likeness (QED) is 0.156. The van der Waals surface area contributed by atoms with E-state index in [1.54, 1.807) is 0 Å². The fourth-order valence-corrected chi connectivity index (χ4v) is 10.2. The molecule has 1 aliphatic carbocycles. The molecule has 3 rings (SSSR count). The van der Waals surface area contributed by atoms with Gasteiger partial charge in [-0.2, -0.15) is 5.09 Å². The monoisotopic (exact) mass is 638 g/mol. The second-order valence-corrected chi connectivity index (χ2v) is 15.9. The first-order chi connectivity index (χ1) is 17.9. The van der Waals surface area contributed by atoms with E-state index >= 15 is 0 Å². The fraction of sp³-hybridized carbons (Fsp3) is 0.484. The van der Waals surface area contributed by atoms with Crippen LogP contribution >= 0.6 is 16.1 Å². The van der Waals surface area contributed by atoms with Crippen LogP contribution in [0.5, 0.6) is 0 Å². The Labute approximate surface area is 254 Å². The molecule has 39 heavy (non-hydrogen) atoms. The van der Waals surface area contributed by atoms with Crippen LogP contribution in [0.1, 0.15) is 72.1 Å². The van der Waals surface area contributed by atoms with Crippen molar-refractivity contribution in [2.24, 2.45) is 4.13 Å². The maximum atomic E-state index is 11.0. The number of allylic oxidation sites excluding steroid dienone is 2. The third-order valence-corrected chi connectivity index (χ3v) is 12.5. The molecule has 226 valence electrons. The molecule has 2 aromatic rings. The van der Waals surface area contributed by atoms with Gasteiger partial charge in [-0.15, -0.1) is 12.8 Å². The van der Waals surface area contributed by atoms with Crippen LogP contribution in [0.3, 0.4) is 0 Å². The van der Waals surface area contributed by atoms with E-state index < -0.39 is 26.2 Å². The number of nitrogens with one attached hydrogen (secondary N) is 1. The van der Waals surface area contributed by atoms with Gasteiger partial charge in [0.05, 0.1) is 12.3 Å². The van der Waals surface area contributed by atoms with Crippen molar-refractivity contribution in [3.8, 4) is 0 Å². The summed E-state index contributed by atoms with van der Waals surface area (Å²) in [4.78, 5) is 0. The minimum atomic E-state index is -2.85. The standard InChI is InChI=1S/C15H18NP.C8H13.C7H18NO2PS.CH3.Ni/c1-2-13-16-17(14-9-5-3-6-10-14)15-11-7-4-8-12-15;1-2-4-6-8-7-5-3-1;1-4-6-11(7-5-2)8-12(3,9)10;;/h3-12,16H,2,13H2,1H3;1-3H,4-8H2;4-7H2,1-3H3,(H,8,9,10);1H3;/q;-1;;-1;/p+2/b;2-1+;;;. The van der Waals surface area contributed by atoms with Gasteiger partial charge in [0, 0.05) is 29.3 Å². The van der Waals surface area contributed by atoms with E-state index in [9.17, 15) is 4.21 Å². The minimum Gasteiger partial charge on any atom is -0.358 e. The van der Waals surface area contributed by atoms with E-state index in [4.69, 9.17) is 4.55 Å². The average molecular weight is 639 g/mol. The molecule has 1 atom stereocenters. The summed E-state index contributed by atoms with van der Waals surface area (Å²) in [6, 6.07) is 21.5. The molecule has 0 saturated heterocycles. The molecule has 0 aliphatic heterocycles. The molecule has 0 fully saturated rings. The largest absolute Gasteiger partial charge is 0.358 e. The van der Waals surface area contributed by atoms with Crippen LogP contribution in [0.25, 0.3) is 0 Å². The summed E-state index contributed by atoms with van der Waals surface area (Å²) in [6.07, 6.45) is 20.1. The Kier molecular flexibility index (Phi) is 27.1. The van der Waals surface area contributed by atoms with E-state index in [-0.39, 0.29) is 23.9 Å². The molecular weight excluding hydrogens is 585 g/mol. The van der Waals surface area contributed by atoms with Gasteiger partial charge in [0.25, 0.3) is 0 Å². The number of rotatable bonds is 10. The summed E-state index contributed by atoms with van der Waals surface area (Å²) in [6.45, 7) is 7.47.